The van der Waals surface area contributed by atoms with Gasteiger partial charge >= 0.3 is 0 Å². The lowest BCUT2D eigenvalue weighted by Crippen LogP contribution is -2.42. The van der Waals surface area contributed by atoms with E-state index >= 15 is 0 Å². The van der Waals surface area contributed by atoms with E-state index in [1.807, 2.05) is 13.8 Å². The van der Waals surface area contributed by atoms with Gasteiger partial charge in [0.05, 0.1) is 6.61 Å². The number of benzene rings is 1. The van der Waals surface area contributed by atoms with E-state index in [1.165, 1.54) is 0 Å². The molecular weight excluding hydrogens is 266 g/mol. The molecule has 3 N–H and O–H groups in total. The fraction of sp³-hybridized carbons (Fsp3) is 0.571. The maximum Gasteiger partial charge on any atom is 0.120 e. The molecule has 1 aromatic carbocycles. The summed E-state index contributed by atoms with van der Waals surface area (Å²) < 4.78 is 5.44. The Morgan fingerprint density at radius 3 is 2.68 bits per heavy atom. The second-order valence-corrected chi connectivity index (χ2v) is 5.30. The van der Waals surface area contributed by atoms with Gasteiger partial charge in [-0.25, -0.2) is 0 Å². The van der Waals surface area contributed by atoms with Crippen LogP contribution in [0, 0.1) is 5.92 Å². The van der Waals surface area contributed by atoms with E-state index in [9.17, 15) is 5.11 Å². The minimum absolute atomic E-state index is 0.0131. The number of aliphatic hydroxyl groups is 2. The van der Waals surface area contributed by atoms with Crippen molar-refractivity contribution in [3.8, 4) is 5.75 Å². The molecule has 4 nitrogen and oxygen atoms in total. The Labute approximate surface area is 119 Å². The predicted molar refractivity (Wildman–Crippen MR) is 76.7 cm³/mol. The smallest absolute Gasteiger partial charge is 0.120 e. The molecule has 2 atom stereocenters. The summed E-state index contributed by atoms with van der Waals surface area (Å²) in [4.78, 5) is 0. The van der Waals surface area contributed by atoms with Crippen LogP contribution in [0.25, 0.3) is 0 Å². The van der Waals surface area contributed by atoms with Crippen molar-refractivity contribution in [2.45, 2.75) is 26.0 Å². The second-order valence-electron chi connectivity index (χ2n) is 4.86. The quantitative estimate of drug-likeness (QED) is 0.681. The van der Waals surface area contributed by atoms with E-state index in [0.29, 0.717) is 23.2 Å². The normalized spacial score (nSPS) is 14.4. The van der Waals surface area contributed by atoms with Gasteiger partial charge < -0.3 is 20.3 Å². The Bertz CT molecular complexity index is 373. The molecule has 0 amide bonds. The summed E-state index contributed by atoms with van der Waals surface area (Å²) >= 11 is 5.83. The third kappa shape index (κ3) is 6.25. The third-order valence-corrected chi connectivity index (χ3v) is 3.09. The molecule has 1 rings (SSSR count). The molecule has 0 aliphatic rings. The minimum atomic E-state index is -0.633. The fourth-order valence-electron chi connectivity index (χ4n) is 1.61. The van der Waals surface area contributed by atoms with Gasteiger partial charge in [0.15, 0.2) is 0 Å². The summed E-state index contributed by atoms with van der Waals surface area (Å²) in [6, 6.07) is 7.04. The van der Waals surface area contributed by atoms with E-state index in [0.717, 1.165) is 0 Å². The van der Waals surface area contributed by atoms with Gasteiger partial charge in [0.2, 0.25) is 0 Å². The van der Waals surface area contributed by atoms with Crippen LogP contribution in [0.15, 0.2) is 24.3 Å². The molecule has 5 heteroatoms. The van der Waals surface area contributed by atoms with Crippen molar-refractivity contribution in [3.05, 3.63) is 29.3 Å². The molecule has 1 aromatic rings. The number of rotatable bonds is 8. The van der Waals surface area contributed by atoms with Crippen LogP contribution in [0.3, 0.4) is 0 Å². The molecule has 1 unspecified atom stereocenters. The summed E-state index contributed by atoms with van der Waals surface area (Å²) in [6.07, 6.45) is -0.633. The van der Waals surface area contributed by atoms with Crippen molar-refractivity contribution in [2.24, 2.45) is 5.92 Å². The minimum Gasteiger partial charge on any atom is -0.491 e. The third-order valence-electron chi connectivity index (χ3n) is 2.86. The van der Waals surface area contributed by atoms with Crippen LogP contribution in [-0.4, -0.2) is 42.1 Å². The molecule has 0 spiro atoms. The highest BCUT2D eigenvalue weighted by molar-refractivity contribution is 6.30. The highest BCUT2D eigenvalue weighted by Gasteiger charge is 2.13. The van der Waals surface area contributed by atoms with Gasteiger partial charge in [0.1, 0.15) is 18.5 Å². The van der Waals surface area contributed by atoms with Gasteiger partial charge in [-0.1, -0.05) is 31.5 Å². The van der Waals surface area contributed by atoms with Crippen molar-refractivity contribution in [3.63, 3.8) is 0 Å². The summed E-state index contributed by atoms with van der Waals surface area (Å²) in [6.45, 7) is 4.65. The van der Waals surface area contributed by atoms with Gasteiger partial charge in [-0.3, -0.25) is 0 Å². The Morgan fingerprint density at radius 1 is 1.37 bits per heavy atom. The van der Waals surface area contributed by atoms with E-state index in [-0.39, 0.29) is 19.3 Å². The Balaban J connectivity index is 2.29. The highest BCUT2D eigenvalue weighted by Crippen LogP contribution is 2.17. The first-order chi connectivity index (χ1) is 9.02. The van der Waals surface area contributed by atoms with Gasteiger partial charge in [-0.05, 0) is 24.1 Å². The number of nitrogens with one attached hydrogen (secondary N) is 1. The molecule has 0 fully saturated rings. The number of hydrogen-bond donors (Lipinski definition) is 3. The SMILES string of the molecule is CC(C)[C@@H](CO)NCC(O)COc1cccc(Cl)c1. The number of ether oxygens (including phenoxy) is 1. The maximum atomic E-state index is 9.80. The zero-order valence-corrected chi connectivity index (χ0v) is 12.1. The highest BCUT2D eigenvalue weighted by atomic mass is 35.5. The van der Waals surface area contributed by atoms with Crippen molar-refractivity contribution < 1.29 is 14.9 Å². The van der Waals surface area contributed by atoms with E-state index in [1.54, 1.807) is 24.3 Å². The monoisotopic (exact) mass is 287 g/mol. The number of halogens is 1. The Morgan fingerprint density at radius 2 is 2.11 bits per heavy atom. The summed E-state index contributed by atoms with van der Waals surface area (Å²) in [5, 5.41) is 22.7. The van der Waals surface area contributed by atoms with Crippen LogP contribution in [0.4, 0.5) is 0 Å². The van der Waals surface area contributed by atoms with Crippen molar-refractivity contribution in [1.29, 1.82) is 0 Å². The van der Waals surface area contributed by atoms with Crippen LogP contribution >= 0.6 is 11.6 Å². The van der Waals surface area contributed by atoms with Crippen molar-refractivity contribution in [1.82, 2.24) is 5.32 Å². The summed E-state index contributed by atoms with van der Waals surface area (Å²) in [5.41, 5.74) is 0. The molecule has 0 radical (unpaired) electrons. The van der Waals surface area contributed by atoms with E-state index < -0.39 is 6.10 Å². The lowest BCUT2D eigenvalue weighted by molar-refractivity contribution is 0.0962. The first-order valence-corrected chi connectivity index (χ1v) is 6.81. The zero-order valence-electron chi connectivity index (χ0n) is 11.3. The molecule has 0 heterocycles. The fourth-order valence-corrected chi connectivity index (χ4v) is 1.79. The summed E-state index contributed by atoms with van der Waals surface area (Å²) in [5.74, 6) is 0.945. The van der Waals surface area contributed by atoms with Gasteiger partial charge in [0, 0.05) is 17.6 Å². The van der Waals surface area contributed by atoms with Crippen LogP contribution in [0.2, 0.25) is 5.02 Å². The molecule has 0 bridgehead atoms. The summed E-state index contributed by atoms with van der Waals surface area (Å²) in [7, 11) is 0. The van der Waals surface area contributed by atoms with Crippen LogP contribution in [0.1, 0.15) is 13.8 Å². The molecule has 0 saturated carbocycles. The van der Waals surface area contributed by atoms with Crippen LogP contribution in [0.5, 0.6) is 5.75 Å². The first-order valence-electron chi connectivity index (χ1n) is 6.43. The van der Waals surface area contributed by atoms with Gasteiger partial charge in [-0.15, -0.1) is 0 Å². The number of hydrogen-bond acceptors (Lipinski definition) is 4. The average molecular weight is 288 g/mol. The van der Waals surface area contributed by atoms with Gasteiger partial charge in [-0.2, -0.15) is 0 Å². The van der Waals surface area contributed by atoms with Crippen molar-refractivity contribution in [2.75, 3.05) is 19.8 Å². The number of aliphatic hydroxyl groups excluding tert-OH is 2. The Kier molecular flexibility index (Phi) is 7.16. The van der Waals surface area contributed by atoms with E-state index in [4.69, 9.17) is 21.4 Å². The molecule has 0 aliphatic heterocycles. The predicted octanol–water partition coefficient (Wildman–Crippen LogP) is 1.69. The lowest BCUT2D eigenvalue weighted by atomic mass is 10.1. The maximum absolute atomic E-state index is 9.80. The standard InChI is InChI=1S/C14H22ClNO3/c1-10(2)14(8-17)16-7-12(18)9-19-13-5-3-4-11(15)6-13/h3-6,10,12,14,16-18H,7-9H2,1-2H3/t12?,14-/m1/s1. The largest absolute Gasteiger partial charge is 0.491 e. The van der Waals surface area contributed by atoms with Crippen LogP contribution < -0.4 is 10.1 Å². The molecular formula is C14H22ClNO3. The first kappa shape index (κ1) is 16.2. The van der Waals surface area contributed by atoms with Crippen LogP contribution in [-0.2, 0) is 0 Å². The molecule has 0 aliphatic carbocycles. The van der Waals surface area contributed by atoms with E-state index in [2.05, 4.69) is 5.32 Å². The zero-order chi connectivity index (χ0) is 14.3. The topological polar surface area (TPSA) is 61.7 Å². The molecule has 0 saturated heterocycles. The average Bonchev–Trinajstić information content (AvgIpc) is 2.37. The molecule has 0 aromatic heterocycles. The molecule has 108 valence electrons. The van der Waals surface area contributed by atoms with Gasteiger partial charge in [0.25, 0.3) is 0 Å². The lowest BCUT2D eigenvalue weighted by Gasteiger charge is -2.22. The Hall–Kier alpha value is -0.810. The second kappa shape index (κ2) is 8.38. The van der Waals surface area contributed by atoms with Crippen molar-refractivity contribution >= 4 is 11.6 Å². The molecule has 19 heavy (non-hydrogen) atoms.